The van der Waals surface area contributed by atoms with Crippen LogP contribution in [0.25, 0.3) is 0 Å². The number of nitrogens with one attached hydrogen (secondary N) is 2. The molecule has 0 radical (unpaired) electrons. The lowest BCUT2D eigenvalue weighted by atomic mass is 10.0. The second-order valence-electron chi connectivity index (χ2n) is 7.70. The number of benzene rings is 1. The van der Waals surface area contributed by atoms with E-state index in [9.17, 15) is 4.79 Å². The van der Waals surface area contributed by atoms with E-state index < -0.39 is 0 Å². The van der Waals surface area contributed by atoms with E-state index in [-0.39, 0.29) is 43.1 Å². The van der Waals surface area contributed by atoms with Gasteiger partial charge in [0.2, 0.25) is 5.91 Å². The summed E-state index contributed by atoms with van der Waals surface area (Å²) in [5, 5.41) is 6.42. The third-order valence-corrected chi connectivity index (χ3v) is 5.77. The largest absolute Gasteiger partial charge is 0.352 e. The summed E-state index contributed by atoms with van der Waals surface area (Å²) in [7, 11) is 0. The molecule has 2 aliphatic heterocycles. The standard InChI is InChI=1S/C21H34N4O.3ClH/c1-2-24-11-13-25(14-12-24)17-20-5-3-18(4-6-20)16-23-21(26)8-7-19-9-10-22-15-19;;;/h3-6,19,22H,2,7-17H2,1H3,(H,23,26);3*1H. The van der Waals surface area contributed by atoms with E-state index in [0.29, 0.717) is 18.9 Å². The highest BCUT2D eigenvalue weighted by Gasteiger charge is 2.16. The third kappa shape index (κ3) is 9.86. The molecule has 1 unspecified atom stereocenters. The number of hydrogen-bond donors (Lipinski definition) is 2. The summed E-state index contributed by atoms with van der Waals surface area (Å²) in [4.78, 5) is 17.0. The lowest BCUT2D eigenvalue weighted by Gasteiger charge is -2.34. The fraction of sp³-hybridized carbons (Fsp3) is 0.667. The van der Waals surface area contributed by atoms with Crippen molar-refractivity contribution >= 4 is 43.1 Å². The van der Waals surface area contributed by atoms with Crippen molar-refractivity contribution in [2.75, 3.05) is 45.8 Å². The fourth-order valence-corrected chi connectivity index (χ4v) is 3.87. The number of rotatable bonds is 8. The third-order valence-electron chi connectivity index (χ3n) is 5.77. The molecule has 1 amide bonds. The highest BCUT2D eigenvalue weighted by Crippen LogP contribution is 2.14. The van der Waals surface area contributed by atoms with Crippen molar-refractivity contribution in [2.24, 2.45) is 5.92 Å². The molecular formula is C21H37Cl3N4O. The van der Waals surface area contributed by atoms with Crippen molar-refractivity contribution in [3.05, 3.63) is 35.4 Å². The molecule has 1 aromatic carbocycles. The van der Waals surface area contributed by atoms with Crippen LogP contribution in [0.15, 0.2) is 24.3 Å². The van der Waals surface area contributed by atoms with Crippen LogP contribution in [-0.4, -0.2) is 61.5 Å². The topological polar surface area (TPSA) is 47.6 Å². The van der Waals surface area contributed by atoms with Gasteiger partial charge in [-0.2, -0.15) is 0 Å². The van der Waals surface area contributed by atoms with Crippen LogP contribution in [0.4, 0.5) is 0 Å². The predicted octanol–water partition coefficient (Wildman–Crippen LogP) is 3.10. The van der Waals surface area contributed by atoms with Crippen LogP contribution in [0.3, 0.4) is 0 Å². The normalized spacial score (nSPS) is 19.6. The average molecular weight is 468 g/mol. The molecule has 0 saturated carbocycles. The minimum Gasteiger partial charge on any atom is -0.352 e. The quantitative estimate of drug-likeness (QED) is 0.617. The van der Waals surface area contributed by atoms with Gasteiger partial charge in [-0.05, 0) is 49.5 Å². The molecular weight excluding hydrogens is 431 g/mol. The molecule has 2 saturated heterocycles. The summed E-state index contributed by atoms with van der Waals surface area (Å²) in [6.45, 7) is 11.9. The Kier molecular flexibility index (Phi) is 15.0. The van der Waals surface area contributed by atoms with Gasteiger partial charge in [-0.3, -0.25) is 9.69 Å². The first-order valence-corrected chi connectivity index (χ1v) is 10.2. The number of piperazine rings is 1. The minimum absolute atomic E-state index is 0. The van der Waals surface area contributed by atoms with Gasteiger partial charge >= 0.3 is 0 Å². The molecule has 0 aliphatic carbocycles. The highest BCUT2D eigenvalue weighted by molar-refractivity contribution is 5.86. The maximum absolute atomic E-state index is 12.0. The second-order valence-corrected chi connectivity index (χ2v) is 7.70. The van der Waals surface area contributed by atoms with Crippen LogP contribution in [0.1, 0.15) is 37.3 Å². The summed E-state index contributed by atoms with van der Waals surface area (Å²) in [6.07, 6.45) is 2.86. The zero-order chi connectivity index (χ0) is 18.2. The van der Waals surface area contributed by atoms with E-state index in [1.54, 1.807) is 0 Å². The Balaban J connectivity index is 0.00000261. The highest BCUT2D eigenvalue weighted by atomic mass is 35.5. The molecule has 0 spiro atoms. The van der Waals surface area contributed by atoms with E-state index in [4.69, 9.17) is 0 Å². The van der Waals surface area contributed by atoms with E-state index in [0.717, 1.165) is 45.7 Å². The number of nitrogens with zero attached hydrogens (tertiary/aromatic N) is 2. The van der Waals surface area contributed by atoms with Crippen molar-refractivity contribution in [1.82, 2.24) is 20.4 Å². The van der Waals surface area contributed by atoms with Crippen molar-refractivity contribution < 1.29 is 4.79 Å². The van der Waals surface area contributed by atoms with Gasteiger partial charge in [0.15, 0.2) is 0 Å². The van der Waals surface area contributed by atoms with E-state index in [1.165, 1.54) is 30.6 Å². The van der Waals surface area contributed by atoms with Gasteiger partial charge < -0.3 is 15.5 Å². The Hall–Kier alpha value is -0.560. The molecule has 3 rings (SSSR count). The molecule has 0 aromatic heterocycles. The van der Waals surface area contributed by atoms with Crippen LogP contribution >= 0.6 is 37.2 Å². The number of amides is 1. The molecule has 2 fully saturated rings. The number of carbonyl (C=O) groups excluding carboxylic acids is 1. The van der Waals surface area contributed by atoms with E-state index in [1.807, 2.05) is 0 Å². The lowest BCUT2D eigenvalue weighted by molar-refractivity contribution is -0.121. The van der Waals surface area contributed by atoms with Gasteiger partial charge in [0.05, 0.1) is 0 Å². The van der Waals surface area contributed by atoms with Crippen LogP contribution in [0.5, 0.6) is 0 Å². The van der Waals surface area contributed by atoms with Crippen molar-refractivity contribution in [3.63, 3.8) is 0 Å². The molecule has 2 N–H and O–H groups in total. The zero-order valence-electron chi connectivity index (χ0n) is 17.4. The average Bonchev–Trinajstić information content (AvgIpc) is 3.20. The van der Waals surface area contributed by atoms with Gasteiger partial charge in [0, 0.05) is 45.7 Å². The molecule has 0 bridgehead atoms. The summed E-state index contributed by atoms with van der Waals surface area (Å²) in [6, 6.07) is 8.72. The fourth-order valence-electron chi connectivity index (χ4n) is 3.87. The van der Waals surface area contributed by atoms with Gasteiger partial charge in [-0.15, -0.1) is 37.2 Å². The lowest BCUT2D eigenvalue weighted by Crippen LogP contribution is -2.45. The Bertz CT molecular complexity index is 560. The maximum Gasteiger partial charge on any atom is 0.220 e. The number of carbonyl (C=O) groups is 1. The van der Waals surface area contributed by atoms with Gasteiger partial charge in [-0.1, -0.05) is 31.2 Å². The Morgan fingerprint density at radius 2 is 1.66 bits per heavy atom. The molecule has 5 nitrogen and oxygen atoms in total. The minimum atomic E-state index is 0. The summed E-state index contributed by atoms with van der Waals surface area (Å²) in [5.74, 6) is 0.856. The Labute approximate surface area is 194 Å². The number of halogens is 3. The summed E-state index contributed by atoms with van der Waals surface area (Å²) < 4.78 is 0. The van der Waals surface area contributed by atoms with E-state index in [2.05, 4.69) is 51.6 Å². The van der Waals surface area contributed by atoms with Crippen molar-refractivity contribution in [3.8, 4) is 0 Å². The summed E-state index contributed by atoms with van der Waals surface area (Å²) in [5.41, 5.74) is 2.54. The smallest absolute Gasteiger partial charge is 0.220 e. The SMILES string of the molecule is CCN1CCN(Cc2ccc(CNC(=O)CCC3CCNC3)cc2)CC1.Cl.Cl.Cl. The first-order chi connectivity index (χ1) is 12.7. The Morgan fingerprint density at radius 1 is 1.03 bits per heavy atom. The zero-order valence-corrected chi connectivity index (χ0v) is 19.8. The van der Waals surface area contributed by atoms with Gasteiger partial charge in [0.1, 0.15) is 0 Å². The van der Waals surface area contributed by atoms with Crippen molar-refractivity contribution in [1.29, 1.82) is 0 Å². The van der Waals surface area contributed by atoms with Crippen LogP contribution in [0.2, 0.25) is 0 Å². The molecule has 1 atom stereocenters. The molecule has 168 valence electrons. The number of likely N-dealkylation sites (N-methyl/N-ethyl adjacent to an activating group) is 1. The van der Waals surface area contributed by atoms with Gasteiger partial charge in [-0.25, -0.2) is 0 Å². The molecule has 2 heterocycles. The predicted molar refractivity (Wildman–Crippen MR) is 128 cm³/mol. The number of hydrogen-bond acceptors (Lipinski definition) is 4. The summed E-state index contributed by atoms with van der Waals surface area (Å²) >= 11 is 0. The van der Waals surface area contributed by atoms with Crippen LogP contribution < -0.4 is 10.6 Å². The molecule has 2 aliphatic rings. The van der Waals surface area contributed by atoms with Gasteiger partial charge in [0.25, 0.3) is 0 Å². The van der Waals surface area contributed by atoms with Crippen LogP contribution in [0, 0.1) is 5.92 Å². The van der Waals surface area contributed by atoms with Crippen molar-refractivity contribution in [2.45, 2.75) is 39.3 Å². The molecule has 1 aromatic rings. The molecule has 29 heavy (non-hydrogen) atoms. The maximum atomic E-state index is 12.0. The first-order valence-electron chi connectivity index (χ1n) is 10.2. The second kappa shape index (κ2) is 15.3. The monoisotopic (exact) mass is 466 g/mol. The van der Waals surface area contributed by atoms with E-state index >= 15 is 0 Å². The van der Waals surface area contributed by atoms with Crippen LogP contribution in [-0.2, 0) is 17.9 Å². The Morgan fingerprint density at radius 3 is 2.24 bits per heavy atom. The molecule has 8 heteroatoms. The first kappa shape index (κ1) is 28.4.